The predicted octanol–water partition coefficient (Wildman–Crippen LogP) is 5.02. The number of hydrogen-bond donors (Lipinski definition) is 1. The molecule has 114 valence electrons. The van der Waals surface area contributed by atoms with Crippen LogP contribution in [0.4, 0.5) is 0 Å². The summed E-state index contributed by atoms with van der Waals surface area (Å²) in [5.41, 5.74) is 3.25. The molecule has 0 atom stereocenters. The highest BCUT2D eigenvalue weighted by Crippen LogP contribution is 2.36. The van der Waals surface area contributed by atoms with E-state index in [0.717, 1.165) is 25.4 Å². The first-order valence-corrected chi connectivity index (χ1v) is 8.61. The number of nitriles is 1. The summed E-state index contributed by atoms with van der Waals surface area (Å²) in [5.74, 6) is 0. The maximum Gasteiger partial charge on any atom is 0.267 e. The molecule has 0 saturated heterocycles. The van der Waals surface area contributed by atoms with Gasteiger partial charge in [-0.15, -0.1) is 11.3 Å². The SMILES string of the molecule is Cc1ccc(-c2cc(-c3cc(Br)c(C)s3)c(C#N)c(=O)[nH]2)cc1. The largest absolute Gasteiger partial charge is 0.321 e. The maximum absolute atomic E-state index is 12.3. The van der Waals surface area contributed by atoms with Crippen LogP contribution in [0.15, 0.2) is 45.7 Å². The number of rotatable bonds is 2. The number of aromatic nitrogens is 1. The Hall–Kier alpha value is -2.16. The van der Waals surface area contributed by atoms with E-state index < -0.39 is 0 Å². The number of aryl methyl sites for hydroxylation is 2. The Balaban J connectivity index is 2.24. The molecule has 1 N–H and O–H groups in total. The molecule has 0 aliphatic heterocycles. The average Bonchev–Trinajstić information content (AvgIpc) is 2.86. The second kappa shape index (κ2) is 6.15. The summed E-state index contributed by atoms with van der Waals surface area (Å²) < 4.78 is 0.985. The highest BCUT2D eigenvalue weighted by molar-refractivity contribution is 9.10. The molecule has 5 heteroatoms. The lowest BCUT2D eigenvalue weighted by atomic mass is 10.0. The van der Waals surface area contributed by atoms with Gasteiger partial charge in [0.15, 0.2) is 0 Å². The topological polar surface area (TPSA) is 56.6 Å². The Morgan fingerprint density at radius 1 is 1.17 bits per heavy atom. The molecule has 3 rings (SSSR count). The normalized spacial score (nSPS) is 10.5. The van der Waals surface area contributed by atoms with Gasteiger partial charge in [-0.1, -0.05) is 29.8 Å². The fourth-order valence-electron chi connectivity index (χ4n) is 2.35. The summed E-state index contributed by atoms with van der Waals surface area (Å²) in [4.78, 5) is 17.1. The van der Waals surface area contributed by atoms with Crippen LogP contribution >= 0.6 is 27.3 Å². The van der Waals surface area contributed by atoms with Crippen molar-refractivity contribution in [3.05, 3.63) is 67.2 Å². The zero-order valence-corrected chi connectivity index (χ0v) is 15.0. The molecule has 0 unspecified atom stereocenters. The van der Waals surface area contributed by atoms with E-state index >= 15 is 0 Å². The second-order valence-electron chi connectivity index (χ2n) is 5.29. The van der Waals surface area contributed by atoms with Crippen LogP contribution in [0.2, 0.25) is 0 Å². The smallest absolute Gasteiger partial charge is 0.267 e. The van der Waals surface area contributed by atoms with Gasteiger partial charge in [0.1, 0.15) is 11.6 Å². The molecule has 1 aromatic carbocycles. The lowest BCUT2D eigenvalue weighted by Crippen LogP contribution is -2.12. The first-order valence-electron chi connectivity index (χ1n) is 7.00. The fourth-order valence-corrected chi connectivity index (χ4v) is 3.90. The zero-order chi connectivity index (χ0) is 16.6. The summed E-state index contributed by atoms with van der Waals surface area (Å²) in [6.45, 7) is 4.01. The van der Waals surface area contributed by atoms with Gasteiger partial charge in [-0.2, -0.15) is 5.26 Å². The van der Waals surface area contributed by atoms with Crippen molar-refractivity contribution in [2.24, 2.45) is 0 Å². The number of pyridine rings is 1. The second-order valence-corrected chi connectivity index (χ2v) is 7.40. The highest BCUT2D eigenvalue weighted by atomic mass is 79.9. The number of nitrogens with zero attached hydrogens (tertiary/aromatic N) is 1. The Morgan fingerprint density at radius 2 is 1.87 bits per heavy atom. The Bertz CT molecular complexity index is 958. The summed E-state index contributed by atoms with van der Waals surface area (Å²) in [7, 11) is 0. The van der Waals surface area contributed by atoms with E-state index in [0.29, 0.717) is 11.3 Å². The third-order valence-electron chi connectivity index (χ3n) is 3.63. The fraction of sp³-hybridized carbons (Fsp3) is 0.111. The van der Waals surface area contributed by atoms with E-state index in [1.807, 2.05) is 56.3 Å². The zero-order valence-electron chi connectivity index (χ0n) is 12.6. The van der Waals surface area contributed by atoms with Crippen molar-refractivity contribution in [3.8, 4) is 27.8 Å². The number of nitrogens with one attached hydrogen (secondary N) is 1. The van der Waals surface area contributed by atoms with Gasteiger partial charge >= 0.3 is 0 Å². The number of H-pyrrole nitrogens is 1. The third kappa shape index (κ3) is 3.00. The quantitative estimate of drug-likeness (QED) is 0.673. The van der Waals surface area contributed by atoms with Gasteiger partial charge in [-0.3, -0.25) is 4.79 Å². The van der Waals surface area contributed by atoms with Gasteiger partial charge in [-0.05, 0) is 47.5 Å². The summed E-state index contributed by atoms with van der Waals surface area (Å²) >= 11 is 5.05. The Labute approximate surface area is 146 Å². The first-order chi connectivity index (χ1) is 11.0. The van der Waals surface area contributed by atoms with E-state index in [4.69, 9.17) is 0 Å². The van der Waals surface area contributed by atoms with Crippen molar-refractivity contribution in [3.63, 3.8) is 0 Å². The van der Waals surface area contributed by atoms with Crippen LogP contribution in [0.5, 0.6) is 0 Å². The lowest BCUT2D eigenvalue weighted by molar-refractivity contribution is 1.22. The highest BCUT2D eigenvalue weighted by Gasteiger charge is 2.15. The van der Waals surface area contributed by atoms with Gasteiger partial charge < -0.3 is 4.98 Å². The third-order valence-corrected chi connectivity index (χ3v) is 5.80. The van der Waals surface area contributed by atoms with Crippen LogP contribution < -0.4 is 5.56 Å². The van der Waals surface area contributed by atoms with Crippen molar-refractivity contribution in [2.45, 2.75) is 13.8 Å². The van der Waals surface area contributed by atoms with Crippen LogP contribution in [0, 0.1) is 25.2 Å². The molecule has 0 bridgehead atoms. The van der Waals surface area contributed by atoms with Crippen LogP contribution in [0.25, 0.3) is 21.7 Å². The number of aromatic amines is 1. The molecule has 23 heavy (non-hydrogen) atoms. The van der Waals surface area contributed by atoms with E-state index in [2.05, 4.69) is 20.9 Å². The molecule has 0 aliphatic rings. The van der Waals surface area contributed by atoms with Gasteiger partial charge in [0, 0.05) is 25.5 Å². The molecule has 2 aromatic heterocycles. The van der Waals surface area contributed by atoms with Gasteiger partial charge in [0.05, 0.1) is 0 Å². The molecule has 3 nitrogen and oxygen atoms in total. The Kier molecular flexibility index (Phi) is 4.20. The van der Waals surface area contributed by atoms with E-state index in [1.165, 1.54) is 0 Å². The number of hydrogen-bond acceptors (Lipinski definition) is 3. The molecular formula is C18H13BrN2OS. The number of halogens is 1. The standard InChI is InChI=1S/C18H13BrN2OS/c1-10-3-5-12(6-4-10)16-7-13(14(9-20)18(22)21-16)17-8-15(19)11(2)23-17/h3-8H,1-2H3,(H,21,22). The summed E-state index contributed by atoms with van der Waals surface area (Å²) in [6, 6.07) is 13.8. The number of benzene rings is 1. The van der Waals surface area contributed by atoms with Crippen LogP contribution in [0.3, 0.4) is 0 Å². The summed E-state index contributed by atoms with van der Waals surface area (Å²) in [6.07, 6.45) is 0. The lowest BCUT2D eigenvalue weighted by Gasteiger charge is -2.07. The maximum atomic E-state index is 12.3. The molecule has 0 saturated carbocycles. The first kappa shape index (κ1) is 15.7. The molecule has 3 aromatic rings. The van der Waals surface area contributed by atoms with Gasteiger partial charge in [-0.25, -0.2) is 0 Å². The Morgan fingerprint density at radius 3 is 2.43 bits per heavy atom. The van der Waals surface area contributed by atoms with E-state index in [-0.39, 0.29) is 11.1 Å². The van der Waals surface area contributed by atoms with Gasteiger partial charge in [0.2, 0.25) is 0 Å². The molecule has 0 spiro atoms. The minimum absolute atomic E-state index is 0.148. The van der Waals surface area contributed by atoms with Crippen molar-refractivity contribution in [1.82, 2.24) is 4.98 Å². The van der Waals surface area contributed by atoms with Crippen LogP contribution in [0.1, 0.15) is 16.0 Å². The van der Waals surface area contributed by atoms with Crippen molar-refractivity contribution >= 4 is 27.3 Å². The summed E-state index contributed by atoms with van der Waals surface area (Å²) in [5, 5.41) is 9.36. The minimum Gasteiger partial charge on any atom is -0.321 e. The van der Waals surface area contributed by atoms with Crippen molar-refractivity contribution < 1.29 is 0 Å². The van der Waals surface area contributed by atoms with Crippen molar-refractivity contribution in [1.29, 1.82) is 5.26 Å². The molecule has 0 aliphatic carbocycles. The molecule has 0 radical (unpaired) electrons. The molecular weight excluding hydrogens is 372 g/mol. The van der Waals surface area contributed by atoms with Crippen LogP contribution in [-0.4, -0.2) is 4.98 Å². The average molecular weight is 385 g/mol. The molecule has 0 amide bonds. The molecule has 2 heterocycles. The van der Waals surface area contributed by atoms with Gasteiger partial charge in [0.25, 0.3) is 5.56 Å². The molecule has 0 fully saturated rings. The minimum atomic E-state index is -0.359. The van der Waals surface area contributed by atoms with E-state index in [1.54, 1.807) is 11.3 Å². The monoisotopic (exact) mass is 384 g/mol. The van der Waals surface area contributed by atoms with Crippen molar-refractivity contribution in [2.75, 3.05) is 0 Å². The number of thiophene rings is 1. The predicted molar refractivity (Wildman–Crippen MR) is 97.7 cm³/mol. The van der Waals surface area contributed by atoms with E-state index in [9.17, 15) is 10.1 Å². The van der Waals surface area contributed by atoms with Crippen LogP contribution in [-0.2, 0) is 0 Å².